The van der Waals surface area contributed by atoms with E-state index in [1.165, 1.54) is 11.8 Å². The highest BCUT2D eigenvalue weighted by Gasteiger charge is 2.25. The van der Waals surface area contributed by atoms with Crippen molar-refractivity contribution in [1.29, 1.82) is 0 Å². The molecule has 3 rings (SSSR count). The van der Waals surface area contributed by atoms with E-state index in [1.807, 2.05) is 39.0 Å². The van der Waals surface area contributed by atoms with E-state index in [9.17, 15) is 13.2 Å². The number of anilines is 1. The summed E-state index contributed by atoms with van der Waals surface area (Å²) in [5.74, 6) is -0.115. The second-order valence-electron chi connectivity index (χ2n) is 7.69. The van der Waals surface area contributed by atoms with E-state index < -0.39 is 15.1 Å². The Hall–Kier alpha value is -2.91. The fraction of sp³-hybridized carbons (Fsp3) is 0.292. The van der Waals surface area contributed by atoms with Gasteiger partial charge in [0.05, 0.1) is 10.1 Å². The number of nitrogens with zero attached hydrogens (tertiary/aromatic N) is 3. The zero-order valence-electron chi connectivity index (χ0n) is 19.0. The number of hydrogen-bond acceptors (Lipinski definition) is 6. The van der Waals surface area contributed by atoms with Gasteiger partial charge in [0.1, 0.15) is 11.6 Å². The van der Waals surface area contributed by atoms with Crippen molar-refractivity contribution in [2.75, 3.05) is 5.32 Å². The van der Waals surface area contributed by atoms with Gasteiger partial charge in [-0.25, -0.2) is 8.42 Å². The molecule has 1 N–H and O–H groups in total. The molecule has 0 bridgehead atoms. The summed E-state index contributed by atoms with van der Waals surface area (Å²) in [6.07, 6.45) is 2.22. The Morgan fingerprint density at radius 3 is 2.55 bits per heavy atom. The summed E-state index contributed by atoms with van der Waals surface area (Å²) in [6, 6.07) is 14.1. The first-order chi connectivity index (χ1) is 15.7. The van der Waals surface area contributed by atoms with Crippen LogP contribution >= 0.6 is 11.8 Å². The van der Waals surface area contributed by atoms with Crippen LogP contribution in [-0.2, 0) is 26.9 Å². The highest BCUT2D eigenvalue weighted by Crippen LogP contribution is 2.28. The molecule has 174 valence electrons. The van der Waals surface area contributed by atoms with E-state index in [1.54, 1.807) is 41.0 Å². The fourth-order valence-electron chi connectivity index (χ4n) is 3.32. The number of benzene rings is 2. The van der Waals surface area contributed by atoms with Gasteiger partial charge in [-0.1, -0.05) is 60.7 Å². The van der Waals surface area contributed by atoms with E-state index in [4.69, 9.17) is 0 Å². The smallest absolute Gasteiger partial charge is 0.237 e. The maximum absolute atomic E-state index is 13.0. The lowest BCUT2D eigenvalue weighted by Crippen LogP contribution is -2.25. The lowest BCUT2D eigenvalue weighted by atomic mass is 10.1. The van der Waals surface area contributed by atoms with Crippen LogP contribution in [0.15, 0.2) is 71.2 Å². The van der Waals surface area contributed by atoms with Crippen LogP contribution in [-0.4, -0.2) is 34.3 Å². The van der Waals surface area contributed by atoms with E-state index in [-0.39, 0.29) is 16.6 Å². The largest absolute Gasteiger partial charge is 0.325 e. The summed E-state index contributed by atoms with van der Waals surface area (Å²) in [6.45, 7) is 9.99. The first kappa shape index (κ1) is 24.7. The first-order valence-corrected chi connectivity index (χ1v) is 13.1. The van der Waals surface area contributed by atoms with Gasteiger partial charge in [0.2, 0.25) is 5.91 Å². The topological polar surface area (TPSA) is 93.9 Å². The Morgan fingerprint density at radius 1 is 1.18 bits per heavy atom. The zero-order valence-corrected chi connectivity index (χ0v) is 20.6. The van der Waals surface area contributed by atoms with Gasteiger partial charge >= 0.3 is 0 Å². The minimum atomic E-state index is -3.59. The molecule has 0 radical (unpaired) electrons. The summed E-state index contributed by atoms with van der Waals surface area (Å²) in [5, 5.41) is 11.4. The summed E-state index contributed by atoms with van der Waals surface area (Å²) in [5.41, 5.74) is 2.89. The molecular weight excluding hydrogens is 456 g/mol. The predicted molar refractivity (Wildman–Crippen MR) is 132 cm³/mol. The molecule has 1 atom stereocenters. The number of carbonyl (C=O) groups excluding carboxylic acids is 1. The standard InChI is InChI=1S/C24H28N4O3S2/c1-5-14-28-22(16-33(30,31)19-10-8-7-9-11-19)26-27-24(28)32-21(6-2)23(29)25-20-13-12-17(3)15-18(20)4/h5,7-13,15,21H,1,6,14,16H2,2-4H3,(H,25,29). The van der Waals surface area contributed by atoms with Crippen LogP contribution in [0.4, 0.5) is 5.69 Å². The van der Waals surface area contributed by atoms with Crippen LogP contribution in [0.25, 0.3) is 0 Å². The minimum Gasteiger partial charge on any atom is -0.325 e. The van der Waals surface area contributed by atoms with E-state index in [0.717, 1.165) is 16.8 Å². The van der Waals surface area contributed by atoms with Crippen molar-refractivity contribution in [3.05, 3.63) is 78.1 Å². The molecule has 0 saturated heterocycles. The Labute approximate surface area is 199 Å². The second kappa shape index (κ2) is 10.8. The van der Waals surface area contributed by atoms with Gasteiger partial charge in [0, 0.05) is 12.2 Å². The van der Waals surface area contributed by atoms with E-state index in [2.05, 4.69) is 22.1 Å². The number of aromatic nitrogens is 3. The number of thioether (sulfide) groups is 1. The first-order valence-electron chi connectivity index (χ1n) is 10.6. The average Bonchev–Trinajstić information content (AvgIpc) is 3.15. The van der Waals surface area contributed by atoms with Gasteiger partial charge in [0.15, 0.2) is 15.0 Å². The van der Waals surface area contributed by atoms with Crippen LogP contribution in [0.3, 0.4) is 0 Å². The quantitative estimate of drug-likeness (QED) is 0.335. The summed E-state index contributed by atoms with van der Waals surface area (Å²) in [4.78, 5) is 13.2. The molecule has 2 aromatic carbocycles. The Morgan fingerprint density at radius 2 is 1.91 bits per heavy atom. The van der Waals surface area contributed by atoms with Crippen molar-refractivity contribution in [1.82, 2.24) is 14.8 Å². The molecule has 33 heavy (non-hydrogen) atoms. The number of hydrogen-bond donors (Lipinski definition) is 1. The number of carbonyl (C=O) groups is 1. The van der Waals surface area contributed by atoms with Crippen LogP contribution in [0.1, 0.15) is 30.3 Å². The van der Waals surface area contributed by atoms with Crippen molar-refractivity contribution >= 4 is 33.2 Å². The van der Waals surface area contributed by atoms with Gasteiger partial charge in [-0.15, -0.1) is 16.8 Å². The molecular formula is C24H28N4O3S2. The monoisotopic (exact) mass is 484 g/mol. The molecule has 1 unspecified atom stereocenters. The predicted octanol–water partition coefficient (Wildman–Crippen LogP) is 4.56. The minimum absolute atomic E-state index is 0.138. The molecule has 7 nitrogen and oxygen atoms in total. The third-order valence-electron chi connectivity index (χ3n) is 5.08. The lowest BCUT2D eigenvalue weighted by molar-refractivity contribution is -0.115. The molecule has 0 fully saturated rings. The van der Waals surface area contributed by atoms with E-state index >= 15 is 0 Å². The van der Waals surface area contributed by atoms with E-state index in [0.29, 0.717) is 23.9 Å². The van der Waals surface area contributed by atoms with Gasteiger partial charge in [-0.2, -0.15) is 0 Å². The van der Waals surface area contributed by atoms with Crippen molar-refractivity contribution in [3.63, 3.8) is 0 Å². The molecule has 0 aliphatic carbocycles. The number of nitrogens with one attached hydrogen (secondary N) is 1. The molecule has 3 aromatic rings. The Balaban J connectivity index is 1.81. The normalized spacial score (nSPS) is 12.3. The summed E-state index contributed by atoms with van der Waals surface area (Å²) in [7, 11) is -3.59. The maximum atomic E-state index is 13.0. The molecule has 1 aromatic heterocycles. The van der Waals surface area contributed by atoms with Gasteiger partial charge in [-0.3, -0.25) is 4.79 Å². The number of allylic oxidation sites excluding steroid dienone is 1. The molecule has 9 heteroatoms. The highest BCUT2D eigenvalue weighted by atomic mass is 32.2. The van der Waals surface area contributed by atoms with Gasteiger partial charge < -0.3 is 9.88 Å². The highest BCUT2D eigenvalue weighted by molar-refractivity contribution is 8.00. The number of aryl methyl sites for hydroxylation is 2. The lowest BCUT2D eigenvalue weighted by Gasteiger charge is -2.16. The third kappa shape index (κ3) is 6.11. The average molecular weight is 485 g/mol. The molecule has 1 amide bonds. The van der Waals surface area contributed by atoms with Crippen LogP contribution in [0.5, 0.6) is 0 Å². The van der Waals surface area contributed by atoms with Gasteiger partial charge in [-0.05, 0) is 44.0 Å². The van der Waals surface area contributed by atoms with Crippen LogP contribution in [0.2, 0.25) is 0 Å². The molecule has 0 saturated carbocycles. The van der Waals surface area contributed by atoms with Crippen molar-refractivity contribution < 1.29 is 13.2 Å². The summed E-state index contributed by atoms with van der Waals surface area (Å²) < 4.78 is 27.4. The molecule has 0 aliphatic rings. The third-order valence-corrected chi connectivity index (χ3v) is 8.05. The fourth-order valence-corrected chi connectivity index (χ4v) is 5.60. The number of amides is 1. The Kier molecular flexibility index (Phi) is 8.10. The number of sulfone groups is 1. The second-order valence-corrected chi connectivity index (χ2v) is 10.9. The Bertz CT molecular complexity index is 1240. The van der Waals surface area contributed by atoms with Crippen LogP contribution < -0.4 is 5.32 Å². The van der Waals surface area contributed by atoms with Gasteiger partial charge in [0.25, 0.3) is 0 Å². The molecule has 0 aliphatic heterocycles. The molecule has 0 spiro atoms. The maximum Gasteiger partial charge on any atom is 0.237 e. The van der Waals surface area contributed by atoms with Crippen LogP contribution in [0, 0.1) is 13.8 Å². The number of rotatable bonds is 10. The van der Waals surface area contributed by atoms with Crippen molar-refractivity contribution in [3.8, 4) is 0 Å². The SMILES string of the molecule is C=CCn1c(CS(=O)(=O)c2ccccc2)nnc1SC(CC)C(=O)Nc1ccc(C)cc1C. The summed E-state index contributed by atoms with van der Waals surface area (Å²) >= 11 is 1.27. The van der Waals surface area contributed by atoms with Crippen molar-refractivity contribution in [2.45, 2.75) is 54.8 Å². The zero-order chi connectivity index (χ0) is 24.0. The van der Waals surface area contributed by atoms with Crippen molar-refractivity contribution in [2.24, 2.45) is 0 Å². The molecule has 1 heterocycles.